The second-order valence-electron chi connectivity index (χ2n) is 8.24. The lowest BCUT2D eigenvalue weighted by molar-refractivity contribution is -0.119. The van der Waals surface area contributed by atoms with Gasteiger partial charge in [-0.15, -0.1) is 0 Å². The van der Waals surface area contributed by atoms with E-state index in [0.29, 0.717) is 24.3 Å². The smallest absolute Gasteiger partial charge is 0.255 e. The molecule has 2 N–H and O–H groups in total. The minimum absolute atomic E-state index is 0.0968. The topological polar surface area (TPSA) is 96.5 Å². The molecule has 0 fully saturated rings. The molecular weight excluding hydrogens is 456 g/mol. The lowest BCUT2D eigenvalue weighted by atomic mass is 9.99. The van der Waals surface area contributed by atoms with E-state index in [9.17, 15) is 9.59 Å². The normalized spacial score (nSPS) is 10.9. The fourth-order valence-electron chi connectivity index (χ4n) is 4.26. The van der Waals surface area contributed by atoms with Crippen molar-refractivity contribution in [1.29, 1.82) is 0 Å². The Morgan fingerprint density at radius 1 is 1.00 bits per heavy atom. The van der Waals surface area contributed by atoms with Crippen molar-refractivity contribution in [3.8, 4) is 28.0 Å². The zero-order valence-electron chi connectivity index (χ0n) is 20.9. The number of hydrogen-bond acceptors (Lipinski definition) is 5. The molecule has 0 unspecified atom stereocenters. The van der Waals surface area contributed by atoms with Crippen LogP contribution in [0.15, 0.2) is 60.9 Å². The summed E-state index contributed by atoms with van der Waals surface area (Å²) in [5.41, 5.74) is 5.21. The van der Waals surface area contributed by atoms with Gasteiger partial charge in [0.25, 0.3) is 5.91 Å². The Kier molecular flexibility index (Phi) is 7.65. The van der Waals surface area contributed by atoms with Crippen molar-refractivity contribution in [3.63, 3.8) is 0 Å². The van der Waals surface area contributed by atoms with E-state index in [-0.39, 0.29) is 18.4 Å². The molecule has 2 amide bonds. The number of H-pyrrole nitrogens is 1. The Morgan fingerprint density at radius 2 is 1.78 bits per heavy atom. The second-order valence-corrected chi connectivity index (χ2v) is 8.24. The summed E-state index contributed by atoms with van der Waals surface area (Å²) in [4.78, 5) is 35.1. The molecule has 4 rings (SSSR count). The number of amides is 2. The number of para-hydroxylation sites is 1. The van der Waals surface area contributed by atoms with E-state index < -0.39 is 0 Å². The molecule has 4 aromatic rings. The molecule has 2 aromatic heterocycles. The fraction of sp³-hybridized carbons (Fsp3) is 0.250. The molecule has 0 aliphatic rings. The van der Waals surface area contributed by atoms with E-state index in [0.717, 1.165) is 39.0 Å². The molecule has 0 saturated carbocycles. The molecule has 8 nitrogen and oxygen atoms in total. The van der Waals surface area contributed by atoms with Crippen molar-refractivity contribution in [2.45, 2.75) is 13.8 Å². The third-order valence-corrected chi connectivity index (χ3v) is 6.11. The summed E-state index contributed by atoms with van der Waals surface area (Å²) in [7, 11) is 3.10. The van der Waals surface area contributed by atoms with Crippen molar-refractivity contribution in [2.24, 2.45) is 0 Å². The predicted molar refractivity (Wildman–Crippen MR) is 141 cm³/mol. The largest absolute Gasteiger partial charge is 0.496 e. The average molecular weight is 487 g/mol. The first-order valence-electron chi connectivity index (χ1n) is 11.8. The molecule has 0 atom stereocenters. The standard InChI is InChI=1S/C28H30N4O4/c1-5-32(6-2)28(34)22-13-18(11-12-24(22)31-26(33)17-35-3)19-14-21-23(16-30-27(21)29-15-19)20-9-7-8-10-25(20)36-4/h7-16H,5-6,17H2,1-4H3,(H,29,30)(H,31,33). The van der Waals surface area contributed by atoms with Gasteiger partial charge in [0.2, 0.25) is 5.91 Å². The van der Waals surface area contributed by atoms with Gasteiger partial charge in [-0.25, -0.2) is 4.98 Å². The zero-order chi connectivity index (χ0) is 25.7. The number of pyridine rings is 1. The van der Waals surface area contributed by atoms with Crippen LogP contribution >= 0.6 is 0 Å². The van der Waals surface area contributed by atoms with Crippen molar-refractivity contribution < 1.29 is 19.1 Å². The van der Waals surface area contributed by atoms with Gasteiger partial charge in [0, 0.05) is 54.7 Å². The summed E-state index contributed by atoms with van der Waals surface area (Å²) in [5, 5.41) is 3.73. The molecule has 0 spiro atoms. The van der Waals surface area contributed by atoms with E-state index in [4.69, 9.17) is 9.47 Å². The highest BCUT2D eigenvalue weighted by Gasteiger charge is 2.20. The van der Waals surface area contributed by atoms with E-state index in [1.54, 1.807) is 30.3 Å². The summed E-state index contributed by atoms with van der Waals surface area (Å²) in [6.07, 6.45) is 3.69. The molecule has 0 saturated heterocycles. The Bertz CT molecular complexity index is 1390. The number of methoxy groups -OCH3 is 2. The molecule has 2 heterocycles. The Morgan fingerprint density at radius 3 is 2.50 bits per heavy atom. The maximum absolute atomic E-state index is 13.3. The molecule has 0 radical (unpaired) electrons. The molecule has 186 valence electrons. The summed E-state index contributed by atoms with van der Waals surface area (Å²) in [6, 6.07) is 15.3. The molecular formula is C28H30N4O4. The molecule has 0 aliphatic carbocycles. The van der Waals surface area contributed by atoms with Crippen LogP contribution in [-0.4, -0.2) is 60.6 Å². The van der Waals surface area contributed by atoms with Gasteiger partial charge in [0.15, 0.2) is 0 Å². The van der Waals surface area contributed by atoms with Gasteiger partial charge in [0.05, 0.1) is 18.4 Å². The number of benzene rings is 2. The molecule has 2 aromatic carbocycles. The summed E-state index contributed by atoms with van der Waals surface area (Å²) >= 11 is 0. The highest BCUT2D eigenvalue weighted by atomic mass is 16.5. The van der Waals surface area contributed by atoms with Crippen LogP contribution in [0.25, 0.3) is 33.3 Å². The maximum atomic E-state index is 13.3. The van der Waals surface area contributed by atoms with Gasteiger partial charge in [-0.3, -0.25) is 9.59 Å². The highest BCUT2D eigenvalue weighted by Crippen LogP contribution is 2.36. The van der Waals surface area contributed by atoms with Crippen LogP contribution in [0.1, 0.15) is 24.2 Å². The second kappa shape index (κ2) is 11.0. The van der Waals surface area contributed by atoms with Crippen molar-refractivity contribution in [2.75, 3.05) is 39.2 Å². The van der Waals surface area contributed by atoms with Gasteiger partial charge in [-0.05, 0) is 43.7 Å². The number of carbonyl (C=O) groups excluding carboxylic acids is 2. The number of nitrogens with one attached hydrogen (secondary N) is 2. The Hall–Kier alpha value is -4.17. The summed E-state index contributed by atoms with van der Waals surface area (Å²) < 4.78 is 10.5. The van der Waals surface area contributed by atoms with Crippen LogP contribution in [-0.2, 0) is 9.53 Å². The van der Waals surface area contributed by atoms with E-state index in [1.165, 1.54) is 7.11 Å². The number of hydrogen-bond donors (Lipinski definition) is 2. The Balaban J connectivity index is 1.80. The van der Waals surface area contributed by atoms with Crippen molar-refractivity contribution in [1.82, 2.24) is 14.9 Å². The number of fused-ring (bicyclic) bond motifs is 1. The first kappa shape index (κ1) is 24.9. The first-order chi connectivity index (χ1) is 17.5. The monoisotopic (exact) mass is 486 g/mol. The molecule has 36 heavy (non-hydrogen) atoms. The van der Waals surface area contributed by atoms with E-state index in [2.05, 4.69) is 15.3 Å². The molecule has 0 aliphatic heterocycles. The minimum Gasteiger partial charge on any atom is -0.496 e. The fourth-order valence-corrected chi connectivity index (χ4v) is 4.26. The number of ether oxygens (including phenoxy) is 2. The quantitative estimate of drug-likeness (QED) is 0.348. The number of rotatable bonds is 9. The predicted octanol–water partition coefficient (Wildman–Crippen LogP) is 4.97. The number of nitrogens with zero attached hydrogens (tertiary/aromatic N) is 2. The lowest BCUT2D eigenvalue weighted by Crippen LogP contribution is -2.31. The van der Waals surface area contributed by atoms with Gasteiger partial charge >= 0.3 is 0 Å². The number of aromatic amines is 1. The highest BCUT2D eigenvalue weighted by molar-refractivity contribution is 6.05. The van der Waals surface area contributed by atoms with Crippen LogP contribution in [0.2, 0.25) is 0 Å². The van der Waals surface area contributed by atoms with Crippen LogP contribution < -0.4 is 10.1 Å². The van der Waals surface area contributed by atoms with Crippen molar-refractivity contribution in [3.05, 3.63) is 66.5 Å². The lowest BCUT2D eigenvalue weighted by Gasteiger charge is -2.21. The third-order valence-electron chi connectivity index (χ3n) is 6.11. The first-order valence-corrected chi connectivity index (χ1v) is 11.8. The van der Waals surface area contributed by atoms with E-state index in [1.807, 2.05) is 56.4 Å². The maximum Gasteiger partial charge on any atom is 0.255 e. The average Bonchev–Trinajstić information content (AvgIpc) is 3.32. The zero-order valence-corrected chi connectivity index (χ0v) is 20.9. The number of anilines is 1. The van der Waals surface area contributed by atoms with Gasteiger partial charge in [0.1, 0.15) is 18.0 Å². The number of carbonyl (C=O) groups is 2. The SMILES string of the molecule is CCN(CC)C(=O)c1cc(-c2cnc3[nH]cc(-c4ccccc4OC)c3c2)ccc1NC(=O)COC. The third kappa shape index (κ3) is 4.94. The Labute approximate surface area is 210 Å². The molecule has 0 bridgehead atoms. The number of aromatic nitrogens is 2. The molecule has 8 heteroatoms. The van der Waals surface area contributed by atoms with Crippen LogP contribution in [0.4, 0.5) is 5.69 Å². The summed E-state index contributed by atoms with van der Waals surface area (Å²) in [5.74, 6) is 0.294. The van der Waals surface area contributed by atoms with Crippen LogP contribution in [0.3, 0.4) is 0 Å². The van der Waals surface area contributed by atoms with E-state index >= 15 is 0 Å². The van der Waals surface area contributed by atoms with Gasteiger partial charge < -0.3 is 24.7 Å². The van der Waals surface area contributed by atoms with Crippen molar-refractivity contribution >= 4 is 28.5 Å². The summed E-state index contributed by atoms with van der Waals surface area (Å²) in [6.45, 7) is 4.88. The van der Waals surface area contributed by atoms with Gasteiger partial charge in [-0.2, -0.15) is 0 Å². The van der Waals surface area contributed by atoms with Crippen LogP contribution in [0, 0.1) is 0 Å². The van der Waals surface area contributed by atoms with Crippen LogP contribution in [0.5, 0.6) is 5.75 Å². The van der Waals surface area contributed by atoms with Gasteiger partial charge in [-0.1, -0.05) is 24.3 Å². The minimum atomic E-state index is -0.323.